The second-order valence-electron chi connectivity index (χ2n) is 6.28. The van der Waals surface area contributed by atoms with Crippen molar-refractivity contribution >= 4 is 11.0 Å². The Kier molecular flexibility index (Phi) is 4.61. The Labute approximate surface area is 133 Å². The minimum absolute atomic E-state index is 0.136. The summed E-state index contributed by atoms with van der Waals surface area (Å²) >= 11 is 0. The fourth-order valence-electron chi connectivity index (χ4n) is 3.22. The molecule has 1 aliphatic heterocycles. The van der Waals surface area contributed by atoms with Crippen molar-refractivity contribution in [2.24, 2.45) is 0 Å². The normalized spacial score (nSPS) is 24.2. The number of fused-ring (bicyclic) bond motifs is 1. The van der Waals surface area contributed by atoms with Gasteiger partial charge in [-0.05, 0) is 13.8 Å². The summed E-state index contributed by atoms with van der Waals surface area (Å²) in [6.45, 7) is 6.34. The van der Waals surface area contributed by atoms with E-state index in [2.05, 4.69) is 9.88 Å². The van der Waals surface area contributed by atoms with Crippen LogP contribution in [0, 0.1) is 11.6 Å². The Balaban J connectivity index is 1.68. The zero-order valence-corrected chi connectivity index (χ0v) is 13.2. The third-order valence-electron chi connectivity index (χ3n) is 4.03. The van der Waals surface area contributed by atoms with Crippen LogP contribution in [0.2, 0.25) is 0 Å². The van der Waals surface area contributed by atoms with Gasteiger partial charge in [0.1, 0.15) is 0 Å². The van der Waals surface area contributed by atoms with E-state index in [0.717, 1.165) is 25.2 Å². The SMILES string of the molecule is C[C@@H]1CN(C[C@@H](O)Cn2cnc3cc(F)c(F)cc32)C[C@H](C)O1. The molecule has 126 valence electrons. The van der Waals surface area contributed by atoms with E-state index < -0.39 is 17.7 Å². The smallest absolute Gasteiger partial charge is 0.161 e. The standard InChI is InChI=1S/C16H21F2N3O2/c1-10-5-20(6-11(2)23-10)7-12(22)8-21-9-19-15-3-13(17)14(18)4-16(15)21/h3-4,9-12,22H,5-8H2,1-2H3/t10-,11+,12-/m1/s1. The molecule has 2 aromatic rings. The Bertz CT molecular complexity index is 681. The molecule has 3 rings (SSSR count). The van der Waals surface area contributed by atoms with Crippen molar-refractivity contribution in [1.29, 1.82) is 0 Å². The molecule has 0 aliphatic carbocycles. The van der Waals surface area contributed by atoms with Gasteiger partial charge in [0.25, 0.3) is 0 Å². The Morgan fingerprint density at radius 3 is 2.57 bits per heavy atom. The summed E-state index contributed by atoms with van der Waals surface area (Å²) in [4.78, 5) is 6.21. The first-order valence-electron chi connectivity index (χ1n) is 7.78. The van der Waals surface area contributed by atoms with Gasteiger partial charge >= 0.3 is 0 Å². The van der Waals surface area contributed by atoms with Crippen molar-refractivity contribution in [3.05, 3.63) is 30.1 Å². The maximum absolute atomic E-state index is 13.4. The minimum atomic E-state index is -0.917. The van der Waals surface area contributed by atoms with Gasteiger partial charge in [0.2, 0.25) is 0 Å². The Morgan fingerprint density at radius 2 is 1.87 bits per heavy atom. The van der Waals surface area contributed by atoms with Crippen LogP contribution in [0.15, 0.2) is 18.5 Å². The second-order valence-corrected chi connectivity index (χ2v) is 6.28. The first-order valence-corrected chi connectivity index (χ1v) is 7.78. The molecule has 3 atom stereocenters. The van der Waals surface area contributed by atoms with Gasteiger partial charge in [-0.15, -0.1) is 0 Å². The van der Waals surface area contributed by atoms with Gasteiger partial charge in [0.15, 0.2) is 11.6 Å². The largest absolute Gasteiger partial charge is 0.390 e. The molecule has 23 heavy (non-hydrogen) atoms. The van der Waals surface area contributed by atoms with Crippen LogP contribution < -0.4 is 0 Å². The van der Waals surface area contributed by atoms with Crippen LogP contribution in [0.25, 0.3) is 11.0 Å². The number of morpholine rings is 1. The quantitative estimate of drug-likeness (QED) is 0.931. The molecule has 1 aromatic heterocycles. The summed E-state index contributed by atoms with van der Waals surface area (Å²) in [6.07, 6.45) is 1.14. The Morgan fingerprint density at radius 1 is 1.22 bits per heavy atom. The number of aromatic nitrogens is 2. The van der Waals surface area contributed by atoms with Gasteiger partial charge in [-0.1, -0.05) is 0 Å². The predicted octanol–water partition coefficient (Wildman–Crippen LogP) is 1.78. The third kappa shape index (κ3) is 3.68. The highest BCUT2D eigenvalue weighted by molar-refractivity contribution is 5.75. The van der Waals surface area contributed by atoms with Crippen molar-refractivity contribution < 1.29 is 18.6 Å². The molecular formula is C16H21F2N3O2. The average Bonchev–Trinajstić information content (AvgIpc) is 2.80. The molecule has 0 bridgehead atoms. The highest BCUT2D eigenvalue weighted by Gasteiger charge is 2.24. The molecule has 1 aliphatic rings. The summed E-state index contributed by atoms with van der Waals surface area (Å²) in [6, 6.07) is 2.18. The molecule has 1 N–H and O–H groups in total. The lowest BCUT2D eigenvalue weighted by Gasteiger charge is -2.36. The molecule has 0 unspecified atom stereocenters. The fourth-order valence-corrected chi connectivity index (χ4v) is 3.22. The number of hydrogen-bond donors (Lipinski definition) is 1. The van der Waals surface area contributed by atoms with Crippen LogP contribution in [0.1, 0.15) is 13.8 Å². The number of hydrogen-bond acceptors (Lipinski definition) is 4. The maximum atomic E-state index is 13.4. The molecule has 0 saturated carbocycles. The molecule has 1 fully saturated rings. The topological polar surface area (TPSA) is 50.5 Å². The molecular weight excluding hydrogens is 304 g/mol. The van der Waals surface area contributed by atoms with Gasteiger partial charge in [0, 0.05) is 31.8 Å². The molecule has 0 amide bonds. The van der Waals surface area contributed by atoms with Crippen molar-refractivity contribution in [1.82, 2.24) is 14.5 Å². The Hall–Kier alpha value is -1.57. The van der Waals surface area contributed by atoms with Crippen LogP contribution >= 0.6 is 0 Å². The van der Waals surface area contributed by atoms with E-state index in [0.29, 0.717) is 17.6 Å². The lowest BCUT2D eigenvalue weighted by atomic mass is 10.2. The van der Waals surface area contributed by atoms with Crippen LogP contribution in [0.4, 0.5) is 8.78 Å². The van der Waals surface area contributed by atoms with E-state index in [1.54, 1.807) is 4.57 Å². The van der Waals surface area contributed by atoms with E-state index >= 15 is 0 Å². The monoisotopic (exact) mass is 325 g/mol. The number of benzene rings is 1. The number of aliphatic hydroxyl groups is 1. The summed E-state index contributed by atoms with van der Waals surface area (Å²) in [7, 11) is 0. The second kappa shape index (κ2) is 6.51. The predicted molar refractivity (Wildman–Crippen MR) is 82.1 cm³/mol. The summed E-state index contributed by atoms with van der Waals surface area (Å²) in [5, 5.41) is 10.3. The van der Waals surface area contributed by atoms with Gasteiger partial charge in [-0.3, -0.25) is 4.90 Å². The number of nitrogens with zero attached hydrogens (tertiary/aromatic N) is 3. The van der Waals surface area contributed by atoms with Crippen molar-refractivity contribution in [2.45, 2.75) is 38.7 Å². The van der Waals surface area contributed by atoms with Gasteiger partial charge in [-0.2, -0.15) is 0 Å². The lowest BCUT2D eigenvalue weighted by molar-refractivity contribution is -0.0772. The van der Waals surface area contributed by atoms with Crippen LogP contribution in [-0.4, -0.2) is 57.5 Å². The highest BCUT2D eigenvalue weighted by atomic mass is 19.2. The molecule has 1 aromatic carbocycles. The summed E-state index contributed by atoms with van der Waals surface area (Å²) in [5.74, 6) is -1.83. The number of rotatable bonds is 4. The van der Waals surface area contributed by atoms with E-state index in [1.807, 2.05) is 13.8 Å². The number of β-amino-alcohol motifs (C(OH)–C–C–N with tert-alkyl or cyclic N) is 1. The van der Waals surface area contributed by atoms with E-state index in [-0.39, 0.29) is 18.8 Å². The van der Waals surface area contributed by atoms with Crippen molar-refractivity contribution in [3.8, 4) is 0 Å². The van der Waals surface area contributed by atoms with Crippen molar-refractivity contribution in [2.75, 3.05) is 19.6 Å². The van der Waals surface area contributed by atoms with Crippen LogP contribution in [0.3, 0.4) is 0 Å². The van der Waals surface area contributed by atoms with E-state index in [9.17, 15) is 13.9 Å². The van der Waals surface area contributed by atoms with E-state index in [4.69, 9.17) is 4.74 Å². The van der Waals surface area contributed by atoms with Crippen LogP contribution in [0.5, 0.6) is 0 Å². The van der Waals surface area contributed by atoms with Gasteiger partial charge < -0.3 is 14.4 Å². The van der Waals surface area contributed by atoms with Crippen LogP contribution in [-0.2, 0) is 11.3 Å². The highest BCUT2D eigenvalue weighted by Crippen LogP contribution is 2.18. The number of imidazole rings is 1. The van der Waals surface area contributed by atoms with E-state index in [1.165, 1.54) is 6.33 Å². The number of ether oxygens (including phenoxy) is 1. The fraction of sp³-hybridized carbons (Fsp3) is 0.562. The molecule has 5 nitrogen and oxygen atoms in total. The molecule has 7 heteroatoms. The molecule has 1 saturated heterocycles. The van der Waals surface area contributed by atoms with Crippen molar-refractivity contribution in [3.63, 3.8) is 0 Å². The number of halogens is 2. The lowest BCUT2D eigenvalue weighted by Crippen LogP contribution is -2.48. The first kappa shape index (κ1) is 16.3. The zero-order chi connectivity index (χ0) is 16.6. The zero-order valence-electron chi connectivity index (χ0n) is 13.2. The molecule has 2 heterocycles. The van der Waals surface area contributed by atoms with Gasteiger partial charge in [-0.25, -0.2) is 13.8 Å². The number of aliphatic hydroxyl groups excluding tert-OH is 1. The molecule has 0 radical (unpaired) electrons. The summed E-state index contributed by atoms with van der Waals surface area (Å²) in [5.41, 5.74) is 0.858. The minimum Gasteiger partial charge on any atom is -0.390 e. The average molecular weight is 325 g/mol. The first-order chi connectivity index (χ1) is 10.9. The summed E-state index contributed by atoms with van der Waals surface area (Å²) < 4.78 is 33.9. The third-order valence-corrected chi connectivity index (χ3v) is 4.03. The molecule has 0 spiro atoms. The van der Waals surface area contributed by atoms with Gasteiger partial charge in [0.05, 0.1) is 42.2 Å². The maximum Gasteiger partial charge on any atom is 0.161 e.